The van der Waals surface area contributed by atoms with E-state index in [-0.39, 0.29) is 40.1 Å². The molecule has 4 nitrogen and oxygen atoms in total. The average Bonchev–Trinajstić information content (AvgIpc) is 2.85. The second-order valence-corrected chi connectivity index (χ2v) is 10.00. The normalized spacial score (nSPS) is 10.9. The zero-order valence-electron chi connectivity index (χ0n) is 24.6. The van der Waals surface area contributed by atoms with Crippen LogP contribution < -0.4 is 10.2 Å². The largest absolute Gasteiger partial charge is 2.00 e. The number of allylic oxidation sites excluding steroid dienone is 4. The molecule has 0 N–H and O–H groups in total. The maximum atomic E-state index is 10.2. The first kappa shape index (κ1) is 40.8. The summed E-state index contributed by atoms with van der Waals surface area (Å²) in [6.45, 7) is 4.48. The predicted octanol–water partition coefficient (Wildman–Crippen LogP) is 7.98. The summed E-state index contributed by atoms with van der Waals surface area (Å²) in [6.07, 6.45) is 36.0. The molecule has 0 rings (SSSR count). The Morgan fingerprint density at radius 2 is 0.676 bits per heavy atom. The van der Waals surface area contributed by atoms with Crippen LogP contribution in [0.1, 0.15) is 168 Å². The van der Waals surface area contributed by atoms with E-state index in [1.807, 2.05) is 0 Å². The molecule has 0 spiro atoms. The minimum Gasteiger partial charge on any atom is -0.550 e. The molecule has 0 amide bonds. The summed E-state index contributed by atoms with van der Waals surface area (Å²) in [5, 5.41) is 20.4. The molecule has 0 aliphatic rings. The van der Waals surface area contributed by atoms with Crippen molar-refractivity contribution in [3.63, 3.8) is 0 Å². The van der Waals surface area contributed by atoms with Gasteiger partial charge in [0.2, 0.25) is 0 Å². The zero-order chi connectivity index (χ0) is 27.0. The first-order valence-corrected chi connectivity index (χ1v) is 15.2. The standard InChI is InChI=1S/2C16H30O2.Cd/c2*1-2-3-4-5-6-7-8-9-10-11-12-13-14-15-16(17)18;/h2*7-8H,2-6,9-15H2,1H3,(H,17,18);/q;;+2/p-2/b8-7+;8-7-;. The first-order valence-electron chi connectivity index (χ1n) is 15.2. The van der Waals surface area contributed by atoms with Gasteiger partial charge in [-0.2, -0.15) is 0 Å². The van der Waals surface area contributed by atoms with Crippen LogP contribution in [0.15, 0.2) is 24.3 Å². The molecule has 0 aromatic heterocycles. The van der Waals surface area contributed by atoms with E-state index in [0.717, 1.165) is 38.5 Å². The molecule has 0 radical (unpaired) electrons. The van der Waals surface area contributed by atoms with Crippen LogP contribution in [0.5, 0.6) is 0 Å². The molecule has 0 aromatic carbocycles. The fourth-order valence-electron chi connectivity index (χ4n) is 3.97. The van der Waals surface area contributed by atoms with Gasteiger partial charge in [-0.3, -0.25) is 0 Å². The fourth-order valence-corrected chi connectivity index (χ4v) is 3.97. The average molecular weight is 619 g/mol. The summed E-state index contributed by atoms with van der Waals surface area (Å²) < 4.78 is 0. The molecule has 0 saturated carbocycles. The Balaban J connectivity index is -0.000000608. The van der Waals surface area contributed by atoms with Crippen LogP contribution in [0, 0.1) is 0 Å². The molecule has 5 heteroatoms. The van der Waals surface area contributed by atoms with Crippen LogP contribution in [0.25, 0.3) is 0 Å². The van der Waals surface area contributed by atoms with Crippen molar-refractivity contribution in [1.29, 1.82) is 0 Å². The van der Waals surface area contributed by atoms with E-state index < -0.39 is 11.9 Å². The second-order valence-electron chi connectivity index (χ2n) is 10.00. The van der Waals surface area contributed by atoms with Gasteiger partial charge in [0.1, 0.15) is 0 Å². The van der Waals surface area contributed by atoms with Crippen LogP contribution in [0.4, 0.5) is 0 Å². The summed E-state index contributed by atoms with van der Waals surface area (Å²) >= 11 is 0. The van der Waals surface area contributed by atoms with Gasteiger partial charge in [-0.25, -0.2) is 0 Å². The minimum atomic E-state index is -0.916. The van der Waals surface area contributed by atoms with Gasteiger partial charge < -0.3 is 19.8 Å². The molecule has 0 unspecified atom stereocenters. The van der Waals surface area contributed by atoms with E-state index >= 15 is 0 Å². The molecule has 0 aromatic rings. The predicted molar refractivity (Wildman–Crippen MR) is 150 cm³/mol. The molecule has 0 atom stereocenters. The molecule has 37 heavy (non-hydrogen) atoms. The Morgan fingerprint density at radius 1 is 0.432 bits per heavy atom. The van der Waals surface area contributed by atoms with Gasteiger partial charge in [0.05, 0.1) is 0 Å². The summed E-state index contributed by atoms with van der Waals surface area (Å²) in [4.78, 5) is 20.4. The minimum absolute atomic E-state index is 0. The third-order valence-electron chi connectivity index (χ3n) is 6.29. The molecule has 0 aliphatic heterocycles. The molecular formula is C32H58CdO4. The van der Waals surface area contributed by atoms with E-state index in [9.17, 15) is 19.8 Å². The third-order valence-corrected chi connectivity index (χ3v) is 6.29. The molecule has 0 heterocycles. The van der Waals surface area contributed by atoms with E-state index in [2.05, 4.69) is 38.2 Å². The number of aliphatic carboxylic acids is 2. The summed E-state index contributed by atoms with van der Waals surface area (Å²) in [7, 11) is 0. The van der Waals surface area contributed by atoms with Gasteiger partial charge in [-0.15, -0.1) is 0 Å². The van der Waals surface area contributed by atoms with Crippen LogP contribution in [-0.4, -0.2) is 11.9 Å². The van der Waals surface area contributed by atoms with Crippen molar-refractivity contribution in [3.05, 3.63) is 24.3 Å². The maximum absolute atomic E-state index is 10.2. The van der Waals surface area contributed by atoms with Crippen molar-refractivity contribution in [2.45, 2.75) is 168 Å². The van der Waals surface area contributed by atoms with Gasteiger partial charge in [0, 0.05) is 11.9 Å². The number of carboxylic acid groups (broad SMARTS) is 2. The molecular weight excluding hydrogens is 561 g/mol. The molecule has 0 saturated heterocycles. The van der Waals surface area contributed by atoms with Crippen LogP contribution >= 0.6 is 0 Å². The number of carboxylic acids is 2. The van der Waals surface area contributed by atoms with Gasteiger partial charge >= 0.3 is 27.3 Å². The van der Waals surface area contributed by atoms with Crippen LogP contribution in [-0.2, 0) is 36.9 Å². The van der Waals surface area contributed by atoms with Gasteiger partial charge in [-0.05, 0) is 77.0 Å². The van der Waals surface area contributed by atoms with E-state index in [1.165, 1.54) is 103 Å². The number of carbonyl (C=O) groups excluding carboxylic acids is 2. The van der Waals surface area contributed by atoms with Gasteiger partial charge in [-0.1, -0.05) is 115 Å². The van der Waals surface area contributed by atoms with Crippen molar-refractivity contribution in [2.75, 3.05) is 0 Å². The third kappa shape index (κ3) is 45.6. The summed E-state index contributed by atoms with van der Waals surface area (Å²) in [5.74, 6) is -1.83. The SMILES string of the molecule is CCCCCC/C=C/CCCCCCCC(=O)[O-].CCCCCC/C=C\CCCCCCCC(=O)[O-].[Cd+2]. The number of hydrogen-bond donors (Lipinski definition) is 0. The van der Waals surface area contributed by atoms with Gasteiger partial charge in [0.25, 0.3) is 0 Å². The van der Waals surface area contributed by atoms with Crippen LogP contribution in [0.3, 0.4) is 0 Å². The van der Waals surface area contributed by atoms with Crippen LogP contribution in [0.2, 0.25) is 0 Å². The number of hydrogen-bond acceptors (Lipinski definition) is 4. The number of carbonyl (C=O) groups is 2. The van der Waals surface area contributed by atoms with E-state index in [1.54, 1.807) is 0 Å². The Bertz CT molecular complexity index is 471. The second kappa shape index (κ2) is 37.5. The fraction of sp³-hybridized carbons (Fsp3) is 0.812. The smallest absolute Gasteiger partial charge is 0.550 e. The van der Waals surface area contributed by atoms with Crippen molar-refractivity contribution in [1.82, 2.24) is 0 Å². The van der Waals surface area contributed by atoms with E-state index in [0.29, 0.717) is 0 Å². The number of rotatable bonds is 26. The first-order chi connectivity index (χ1) is 17.5. The summed E-state index contributed by atoms with van der Waals surface area (Å²) in [6, 6.07) is 0. The summed E-state index contributed by atoms with van der Waals surface area (Å²) in [5.41, 5.74) is 0. The Kier molecular flexibility index (Phi) is 41.4. The van der Waals surface area contributed by atoms with Crippen molar-refractivity contribution in [3.8, 4) is 0 Å². The van der Waals surface area contributed by atoms with Gasteiger partial charge in [0.15, 0.2) is 0 Å². The monoisotopic (exact) mass is 620 g/mol. The topological polar surface area (TPSA) is 80.3 Å². The molecule has 0 fully saturated rings. The molecule has 0 aliphatic carbocycles. The number of unbranched alkanes of at least 4 members (excludes halogenated alkanes) is 18. The van der Waals surface area contributed by atoms with Crippen molar-refractivity contribution >= 4 is 11.9 Å². The quantitative estimate of drug-likeness (QED) is 0.0559. The Labute approximate surface area is 250 Å². The van der Waals surface area contributed by atoms with Crippen molar-refractivity contribution < 1.29 is 47.1 Å². The maximum Gasteiger partial charge on any atom is 2.00 e. The van der Waals surface area contributed by atoms with E-state index in [4.69, 9.17) is 0 Å². The zero-order valence-corrected chi connectivity index (χ0v) is 28.7. The Hall–Kier alpha value is -0.658. The molecule has 212 valence electrons. The molecule has 0 bridgehead atoms. The van der Waals surface area contributed by atoms with Crippen molar-refractivity contribution in [2.24, 2.45) is 0 Å². The Morgan fingerprint density at radius 3 is 0.946 bits per heavy atom.